The molecule has 0 radical (unpaired) electrons. The summed E-state index contributed by atoms with van der Waals surface area (Å²) in [6, 6.07) is 9.98. The van der Waals surface area contributed by atoms with Gasteiger partial charge in [-0.05, 0) is 24.3 Å². The molecular weight excluding hydrogens is 245 g/mol. The van der Waals surface area contributed by atoms with Gasteiger partial charge in [0.25, 0.3) is 0 Å². The zero-order chi connectivity index (χ0) is 13.8. The number of furan rings is 1. The number of hydrogen-bond acceptors (Lipinski definition) is 2. The van der Waals surface area contributed by atoms with Crippen molar-refractivity contribution in [3.8, 4) is 11.3 Å². The molecule has 1 aromatic heterocycles. The highest BCUT2D eigenvalue weighted by Crippen LogP contribution is 2.25. The summed E-state index contributed by atoms with van der Waals surface area (Å²) in [6.07, 6.45) is 0.905. The van der Waals surface area contributed by atoms with Gasteiger partial charge in [0.2, 0.25) is 5.91 Å². The molecule has 3 nitrogen and oxygen atoms in total. The second kappa shape index (κ2) is 5.69. The predicted molar refractivity (Wildman–Crippen MR) is 71.1 cm³/mol. The van der Waals surface area contributed by atoms with Crippen LogP contribution in [0.5, 0.6) is 0 Å². The molecule has 1 aromatic carbocycles. The predicted octanol–water partition coefficient (Wildman–Crippen LogP) is 3.11. The maximum atomic E-state index is 13.6. The number of aryl methyl sites for hydroxylation is 1. The first-order chi connectivity index (χ1) is 9.08. The van der Waals surface area contributed by atoms with E-state index in [4.69, 9.17) is 4.42 Å². The largest absolute Gasteiger partial charge is 0.461 e. The summed E-state index contributed by atoms with van der Waals surface area (Å²) in [7, 11) is 3.44. The second-order valence-electron chi connectivity index (χ2n) is 4.53. The van der Waals surface area contributed by atoms with Crippen molar-refractivity contribution >= 4 is 5.91 Å². The molecule has 0 aliphatic heterocycles. The Hall–Kier alpha value is -2.10. The van der Waals surface area contributed by atoms with E-state index in [9.17, 15) is 9.18 Å². The van der Waals surface area contributed by atoms with E-state index < -0.39 is 0 Å². The molecule has 100 valence electrons. The van der Waals surface area contributed by atoms with Gasteiger partial charge in [-0.2, -0.15) is 0 Å². The summed E-state index contributed by atoms with van der Waals surface area (Å²) in [4.78, 5) is 13.0. The van der Waals surface area contributed by atoms with Crippen molar-refractivity contribution in [1.82, 2.24) is 4.90 Å². The van der Waals surface area contributed by atoms with Crippen LogP contribution in [-0.2, 0) is 11.2 Å². The van der Waals surface area contributed by atoms with Crippen LogP contribution in [0.25, 0.3) is 11.3 Å². The number of rotatable bonds is 4. The van der Waals surface area contributed by atoms with Gasteiger partial charge < -0.3 is 9.32 Å². The molecule has 0 saturated heterocycles. The van der Waals surface area contributed by atoms with Crippen molar-refractivity contribution in [3.63, 3.8) is 0 Å². The highest BCUT2D eigenvalue weighted by atomic mass is 19.1. The van der Waals surface area contributed by atoms with Crippen LogP contribution < -0.4 is 0 Å². The van der Waals surface area contributed by atoms with Crippen LogP contribution in [0.4, 0.5) is 4.39 Å². The average Bonchev–Trinajstić information content (AvgIpc) is 2.85. The van der Waals surface area contributed by atoms with Crippen molar-refractivity contribution in [2.24, 2.45) is 0 Å². The molecule has 1 heterocycles. The van der Waals surface area contributed by atoms with Gasteiger partial charge >= 0.3 is 0 Å². The van der Waals surface area contributed by atoms with Crippen molar-refractivity contribution in [1.29, 1.82) is 0 Å². The Bertz CT molecular complexity index is 575. The lowest BCUT2D eigenvalue weighted by molar-refractivity contribution is -0.128. The van der Waals surface area contributed by atoms with Crippen LogP contribution in [0.15, 0.2) is 40.8 Å². The summed E-state index contributed by atoms with van der Waals surface area (Å²) in [5.74, 6) is 0.912. The van der Waals surface area contributed by atoms with Gasteiger partial charge in [-0.1, -0.05) is 12.1 Å². The van der Waals surface area contributed by atoms with Crippen LogP contribution >= 0.6 is 0 Å². The van der Waals surface area contributed by atoms with Crippen molar-refractivity contribution in [3.05, 3.63) is 48.0 Å². The number of benzene rings is 1. The lowest BCUT2D eigenvalue weighted by Crippen LogP contribution is -2.21. The monoisotopic (exact) mass is 261 g/mol. The van der Waals surface area contributed by atoms with Crippen molar-refractivity contribution < 1.29 is 13.6 Å². The molecule has 0 aliphatic carbocycles. The van der Waals surface area contributed by atoms with Gasteiger partial charge in [-0.25, -0.2) is 4.39 Å². The maximum absolute atomic E-state index is 13.6. The molecule has 0 N–H and O–H groups in total. The number of carbonyl (C=O) groups excluding carboxylic acids is 1. The number of halogens is 1. The molecular formula is C15H16FNO2. The third kappa shape index (κ3) is 3.22. The normalized spacial score (nSPS) is 10.5. The minimum Gasteiger partial charge on any atom is -0.461 e. The summed E-state index contributed by atoms with van der Waals surface area (Å²) >= 11 is 0. The Morgan fingerprint density at radius 2 is 1.95 bits per heavy atom. The smallest absolute Gasteiger partial charge is 0.222 e. The molecule has 0 aliphatic rings. The van der Waals surface area contributed by atoms with Crippen LogP contribution in [0.3, 0.4) is 0 Å². The number of amides is 1. The van der Waals surface area contributed by atoms with E-state index in [0.29, 0.717) is 29.9 Å². The second-order valence-corrected chi connectivity index (χ2v) is 4.53. The lowest BCUT2D eigenvalue weighted by atomic mass is 10.1. The van der Waals surface area contributed by atoms with Crippen LogP contribution in [0.2, 0.25) is 0 Å². The van der Waals surface area contributed by atoms with Gasteiger partial charge in [0, 0.05) is 26.9 Å². The Morgan fingerprint density at radius 1 is 1.21 bits per heavy atom. The first-order valence-corrected chi connectivity index (χ1v) is 6.11. The molecule has 19 heavy (non-hydrogen) atoms. The Balaban J connectivity index is 2.08. The molecule has 2 aromatic rings. The quantitative estimate of drug-likeness (QED) is 0.847. The maximum Gasteiger partial charge on any atom is 0.222 e. The highest BCUT2D eigenvalue weighted by Gasteiger charge is 2.10. The third-order valence-corrected chi connectivity index (χ3v) is 2.89. The number of nitrogens with zero attached hydrogens (tertiary/aromatic N) is 1. The fraction of sp³-hybridized carbons (Fsp3) is 0.267. The first-order valence-electron chi connectivity index (χ1n) is 6.11. The fourth-order valence-corrected chi connectivity index (χ4v) is 1.77. The number of hydrogen-bond donors (Lipinski definition) is 0. The van der Waals surface area contributed by atoms with E-state index in [1.165, 1.54) is 6.07 Å². The topological polar surface area (TPSA) is 33.5 Å². The molecule has 0 atom stereocenters. The minimum atomic E-state index is -0.312. The molecule has 0 saturated carbocycles. The number of carbonyl (C=O) groups is 1. The van der Waals surface area contributed by atoms with Crippen LogP contribution in [0, 0.1) is 5.82 Å². The van der Waals surface area contributed by atoms with Crippen LogP contribution in [-0.4, -0.2) is 24.9 Å². The van der Waals surface area contributed by atoms with E-state index in [-0.39, 0.29) is 11.7 Å². The van der Waals surface area contributed by atoms with Gasteiger partial charge in [0.15, 0.2) is 0 Å². The first kappa shape index (κ1) is 13.3. The molecule has 0 spiro atoms. The highest BCUT2D eigenvalue weighted by molar-refractivity contribution is 5.75. The molecule has 2 rings (SSSR count). The van der Waals surface area contributed by atoms with E-state index in [0.717, 1.165) is 0 Å². The van der Waals surface area contributed by atoms with Gasteiger partial charge in [-0.3, -0.25) is 4.79 Å². The Labute approximate surface area is 111 Å². The Morgan fingerprint density at radius 3 is 2.63 bits per heavy atom. The van der Waals surface area contributed by atoms with Crippen molar-refractivity contribution in [2.75, 3.05) is 14.1 Å². The third-order valence-electron chi connectivity index (χ3n) is 2.89. The van der Waals surface area contributed by atoms with E-state index in [1.807, 2.05) is 0 Å². The van der Waals surface area contributed by atoms with E-state index in [2.05, 4.69) is 0 Å². The van der Waals surface area contributed by atoms with Gasteiger partial charge in [0.1, 0.15) is 17.3 Å². The molecule has 0 fully saturated rings. The van der Waals surface area contributed by atoms with Crippen molar-refractivity contribution in [2.45, 2.75) is 12.8 Å². The van der Waals surface area contributed by atoms with Gasteiger partial charge in [-0.15, -0.1) is 0 Å². The summed E-state index contributed by atoms with van der Waals surface area (Å²) < 4.78 is 19.2. The van der Waals surface area contributed by atoms with Gasteiger partial charge in [0.05, 0.1) is 5.56 Å². The SMILES string of the molecule is CN(C)C(=O)CCc1ccc(-c2ccccc2F)o1. The lowest BCUT2D eigenvalue weighted by Gasteiger charge is -2.08. The summed E-state index contributed by atoms with van der Waals surface area (Å²) in [6.45, 7) is 0. The molecule has 0 bridgehead atoms. The summed E-state index contributed by atoms with van der Waals surface area (Å²) in [5, 5.41) is 0. The van der Waals surface area contributed by atoms with E-state index >= 15 is 0 Å². The molecule has 4 heteroatoms. The summed E-state index contributed by atoms with van der Waals surface area (Å²) in [5.41, 5.74) is 0.438. The zero-order valence-corrected chi connectivity index (χ0v) is 11.0. The fourth-order valence-electron chi connectivity index (χ4n) is 1.77. The van der Waals surface area contributed by atoms with Crippen LogP contribution in [0.1, 0.15) is 12.2 Å². The molecule has 1 amide bonds. The van der Waals surface area contributed by atoms with E-state index in [1.54, 1.807) is 49.3 Å². The Kier molecular flexibility index (Phi) is 4.00. The zero-order valence-electron chi connectivity index (χ0n) is 11.0. The minimum absolute atomic E-state index is 0.0452. The molecule has 0 unspecified atom stereocenters. The standard InChI is InChI=1S/C15H16FNO2/c1-17(2)15(18)10-8-11-7-9-14(19-11)12-5-3-4-6-13(12)16/h3-7,9H,8,10H2,1-2H3. The average molecular weight is 261 g/mol.